The lowest BCUT2D eigenvalue weighted by Gasteiger charge is -2.29. The molecule has 21 heavy (non-hydrogen) atoms. The highest BCUT2D eigenvalue weighted by Crippen LogP contribution is 2.41. The Kier molecular flexibility index (Phi) is 4.51. The monoisotopic (exact) mass is 304 g/mol. The number of ether oxygens (including phenoxy) is 1. The Morgan fingerprint density at radius 1 is 1.10 bits per heavy atom. The highest BCUT2D eigenvalue weighted by molar-refractivity contribution is 7.19. The van der Waals surface area contributed by atoms with Crippen molar-refractivity contribution in [1.82, 2.24) is 0 Å². The number of hydrogen-bond acceptors (Lipinski definition) is 3. The SMILES string of the molecule is CCOc1ccc2cc(C3(O)CCCCCCC3)sc2c1. The van der Waals surface area contributed by atoms with E-state index in [0.717, 1.165) is 36.3 Å². The molecule has 2 nitrogen and oxygen atoms in total. The van der Waals surface area contributed by atoms with E-state index in [9.17, 15) is 5.11 Å². The van der Waals surface area contributed by atoms with Gasteiger partial charge in [-0.1, -0.05) is 32.1 Å². The van der Waals surface area contributed by atoms with Gasteiger partial charge in [-0.15, -0.1) is 11.3 Å². The van der Waals surface area contributed by atoms with Gasteiger partial charge in [0.15, 0.2) is 0 Å². The number of thiophene rings is 1. The summed E-state index contributed by atoms with van der Waals surface area (Å²) in [6.45, 7) is 2.69. The Morgan fingerprint density at radius 2 is 1.81 bits per heavy atom. The smallest absolute Gasteiger partial charge is 0.120 e. The molecule has 1 fully saturated rings. The Hall–Kier alpha value is -1.06. The first-order valence-electron chi connectivity index (χ1n) is 8.10. The summed E-state index contributed by atoms with van der Waals surface area (Å²) in [5.74, 6) is 0.919. The van der Waals surface area contributed by atoms with E-state index < -0.39 is 5.60 Å². The molecule has 0 saturated heterocycles. The molecule has 0 spiro atoms. The molecule has 0 radical (unpaired) electrons. The molecule has 1 saturated carbocycles. The first-order chi connectivity index (χ1) is 10.2. The largest absolute Gasteiger partial charge is 0.494 e. The van der Waals surface area contributed by atoms with Crippen LogP contribution in [0.3, 0.4) is 0 Å². The Morgan fingerprint density at radius 3 is 2.52 bits per heavy atom. The predicted molar refractivity (Wildman–Crippen MR) is 89.2 cm³/mol. The fourth-order valence-corrected chi connectivity index (χ4v) is 4.47. The molecular formula is C18H24O2S. The second kappa shape index (κ2) is 6.37. The van der Waals surface area contributed by atoms with E-state index in [1.54, 1.807) is 11.3 Å². The van der Waals surface area contributed by atoms with Gasteiger partial charge < -0.3 is 9.84 Å². The number of fused-ring (bicyclic) bond motifs is 1. The van der Waals surface area contributed by atoms with Crippen LogP contribution in [0.1, 0.15) is 56.7 Å². The minimum atomic E-state index is -0.615. The maximum atomic E-state index is 11.1. The fourth-order valence-electron chi connectivity index (χ4n) is 3.23. The second-order valence-corrected chi connectivity index (χ2v) is 7.13. The van der Waals surface area contributed by atoms with Crippen LogP contribution >= 0.6 is 11.3 Å². The zero-order chi connectivity index (χ0) is 14.7. The molecular weight excluding hydrogens is 280 g/mol. The molecule has 3 heteroatoms. The van der Waals surface area contributed by atoms with E-state index in [1.165, 1.54) is 29.3 Å². The average molecular weight is 304 g/mol. The third-order valence-corrected chi connectivity index (χ3v) is 5.73. The van der Waals surface area contributed by atoms with E-state index in [-0.39, 0.29) is 0 Å². The third-order valence-electron chi connectivity index (χ3n) is 4.44. The molecule has 2 aromatic rings. The van der Waals surface area contributed by atoms with Gasteiger partial charge in [-0.3, -0.25) is 0 Å². The van der Waals surface area contributed by atoms with Gasteiger partial charge in [0.1, 0.15) is 5.75 Å². The van der Waals surface area contributed by atoms with Gasteiger partial charge in [0, 0.05) is 9.58 Å². The van der Waals surface area contributed by atoms with Gasteiger partial charge in [0.05, 0.1) is 12.2 Å². The van der Waals surface area contributed by atoms with Gasteiger partial charge in [0.25, 0.3) is 0 Å². The molecule has 114 valence electrons. The molecule has 0 aliphatic heterocycles. The van der Waals surface area contributed by atoms with Crippen molar-refractivity contribution in [3.05, 3.63) is 29.1 Å². The summed E-state index contributed by atoms with van der Waals surface area (Å²) in [5.41, 5.74) is -0.615. The van der Waals surface area contributed by atoms with E-state index in [1.807, 2.05) is 13.0 Å². The number of rotatable bonds is 3. The number of hydrogen-bond donors (Lipinski definition) is 1. The van der Waals surface area contributed by atoms with Crippen molar-refractivity contribution >= 4 is 21.4 Å². The van der Waals surface area contributed by atoms with Gasteiger partial charge in [0.2, 0.25) is 0 Å². The fraction of sp³-hybridized carbons (Fsp3) is 0.556. The third kappa shape index (κ3) is 3.24. The van der Waals surface area contributed by atoms with Gasteiger partial charge in [-0.25, -0.2) is 0 Å². The lowest BCUT2D eigenvalue weighted by atomic mass is 9.86. The average Bonchev–Trinajstić information content (AvgIpc) is 2.87. The molecule has 0 unspecified atom stereocenters. The molecule has 1 aromatic heterocycles. The molecule has 1 aromatic carbocycles. The van der Waals surface area contributed by atoms with Crippen LogP contribution < -0.4 is 4.74 Å². The molecule has 0 amide bonds. The zero-order valence-corrected chi connectivity index (χ0v) is 13.5. The molecule has 1 aliphatic carbocycles. The summed E-state index contributed by atoms with van der Waals surface area (Å²) in [5, 5.41) is 12.3. The van der Waals surface area contributed by atoms with E-state index in [2.05, 4.69) is 18.2 Å². The summed E-state index contributed by atoms with van der Waals surface area (Å²) in [7, 11) is 0. The van der Waals surface area contributed by atoms with Crippen LogP contribution in [0.15, 0.2) is 24.3 Å². The zero-order valence-electron chi connectivity index (χ0n) is 12.7. The minimum absolute atomic E-state index is 0.615. The molecule has 1 aliphatic rings. The van der Waals surface area contributed by atoms with Crippen molar-refractivity contribution in [3.8, 4) is 5.75 Å². The maximum Gasteiger partial charge on any atom is 0.120 e. The topological polar surface area (TPSA) is 29.5 Å². The Labute approximate surface area is 130 Å². The van der Waals surface area contributed by atoms with Crippen LogP contribution in [0.2, 0.25) is 0 Å². The van der Waals surface area contributed by atoms with E-state index >= 15 is 0 Å². The van der Waals surface area contributed by atoms with Crippen LogP contribution in [0.4, 0.5) is 0 Å². The van der Waals surface area contributed by atoms with Crippen molar-refractivity contribution < 1.29 is 9.84 Å². The van der Waals surface area contributed by atoms with Crippen molar-refractivity contribution in [1.29, 1.82) is 0 Å². The molecule has 1 N–H and O–H groups in total. The maximum absolute atomic E-state index is 11.1. The van der Waals surface area contributed by atoms with Crippen molar-refractivity contribution in [3.63, 3.8) is 0 Å². The Bertz CT molecular complexity index is 594. The van der Waals surface area contributed by atoms with Gasteiger partial charge in [-0.05, 0) is 49.4 Å². The highest BCUT2D eigenvalue weighted by Gasteiger charge is 2.31. The van der Waals surface area contributed by atoms with Crippen LogP contribution in [0.25, 0.3) is 10.1 Å². The van der Waals surface area contributed by atoms with E-state index in [0.29, 0.717) is 6.61 Å². The summed E-state index contributed by atoms with van der Waals surface area (Å²) in [4.78, 5) is 1.13. The second-order valence-electron chi connectivity index (χ2n) is 6.04. The molecule has 0 bridgehead atoms. The summed E-state index contributed by atoms with van der Waals surface area (Å²) in [6.07, 6.45) is 7.89. The van der Waals surface area contributed by atoms with Gasteiger partial charge >= 0.3 is 0 Å². The van der Waals surface area contributed by atoms with Crippen LogP contribution in [-0.4, -0.2) is 11.7 Å². The molecule has 3 rings (SSSR count). The lowest BCUT2D eigenvalue weighted by Crippen LogP contribution is -2.25. The standard InChI is InChI=1S/C18H24O2S/c1-2-20-15-9-8-14-12-17(21-16(14)13-15)18(19)10-6-4-3-5-7-11-18/h8-9,12-13,19H,2-7,10-11H2,1H3. The summed E-state index contributed by atoms with van der Waals surface area (Å²) < 4.78 is 6.79. The summed E-state index contributed by atoms with van der Waals surface area (Å²) in [6, 6.07) is 8.40. The molecule has 0 atom stereocenters. The quantitative estimate of drug-likeness (QED) is 0.841. The lowest BCUT2D eigenvalue weighted by molar-refractivity contribution is 0.0132. The van der Waals surface area contributed by atoms with Gasteiger partial charge in [-0.2, -0.15) is 0 Å². The summed E-state index contributed by atoms with van der Waals surface area (Å²) >= 11 is 1.73. The predicted octanol–water partition coefficient (Wildman–Crippen LogP) is 5.23. The van der Waals surface area contributed by atoms with Crippen molar-refractivity contribution in [2.45, 2.75) is 57.5 Å². The van der Waals surface area contributed by atoms with Crippen molar-refractivity contribution in [2.75, 3.05) is 6.61 Å². The first-order valence-corrected chi connectivity index (χ1v) is 8.92. The van der Waals surface area contributed by atoms with E-state index in [4.69, 9.17) is 4.74 Å². The van der Waals surface area contributed by atoms with Crippen LogP contribution in [-0.2, 0) is 5.60 Å². The normalized spacial score (nSPS) is 19.1. The number of benzene rings is 1. The highest BCUT2D eigenvalue weighted by atomic mass is 32.1. The van der Waals surface area contributed by atoms with Crippen molar-refractivity contribution in [2.24, 2.45) is 0 Å². The van der Waals surface area contributed by atoms with Crippen LogP contribution in [0.5, 0.6) is 5.75 Å². The minimum Gasteiger partial charge on any atom is -0.494 e. The number of aliphatic hydroxyl groups is 1. The first kappa shape index (κ1) is 14.9. The van der Waals surface area contributed by atoms with Crippen LogP contribution in [0, 0.1) is 0 Å². The Balaban J connectivity index is 1.91. The molecule has 1 heterocycles.